The van der Waals surface area contributed by atoms with Crippen molar-refractivity contribution in [3.63, 3.8) is 0 Å². The zero-order valence-electron chi connectivity index (χ0n) is 12.0. The van der Waals surface area contributed by atoms with Gasteiger partial charge in [0.05, 0.1) is 0 Å². The Balaban J connectivity index is 2.09. The molecule has 1 aromatic carbocycles. The molecule has 21 heavy (non-hydrogen) atoms. The number of aliphatic carboxylic acids is 1. The largest absolute Gasteiger partial charge is 0.480 e. The maximum absolute atomic E-state index is 13.7. The van der Waals surface area contributed by atoms with Crippen LogP contribution in [0, 0.1) is 11.6 Å². The summed E-state index contributed by atoms with van der Waals surface area (Å²) in [4.78, 5) is 11.9. The molecule has 2 N–H and O–H groups in total. The van der Waals surface area contributed by atoms with E-state index < -0.39 is 23.1 Å². The number of benzene rings is 1. The first kappa shape index (κ1) is 16.2. The van der Waals surface area contributed by atoms with E-state index in [0.717, 1.165) is 6.07 Å². The van der Waals surface area contributed by atoms with Gasteiger partial charge in [0.15, 0.2) is 0 Å². The van der Waals surface area contributed by atoms with E-state index >= 15 is 0 Å². The Morgan fingerprint density at radius 1 is 1.48 bits per heavy atom. The molecule has 6 heteroatoms. The Bertz CT molecular complexity index is 538. The number of halogens is 2. The Kier molecular flexibility index (Phi) is 4.88. The molecular formula is C15H19F2NO2S. The van der Waals surface area contributed by atoms with Crippen LogP contribution in [-0.4, -0.2) is 27.9 Å². The summed E-state index contributed by atoms with van der Waals surface area (Å²) in [5, 5.41) is 12.6. The van der Waals surface area contributed by atoms with Crippen molar-refractivity contribution in [1.29, 1.82) is 0 Å². The summed E-state index contributed by atoms with van der Waals surface area (Å²) >= 11 is 1.29. The average Bonchev–Trinajstić information content (AvgIpc) is 2.76. The molecular weight excluding hydrogens is 296 g/mol. The van der Waals surface area contributed by atoms with E-state index in [0.29, 0.717) is 24.2 Å². The quantitative estimate of drug-likeness (QED) is 0.874. The van der Waals surface area contributed by atoms with Crippen LogP contribution in [0.25, 0.3) is 0 Å². The molecule has 1 saturated carbocycles. The number of carboxylic acid groups (broad SMARTS) is 1. The van der Waals surface area contributed by atoms with Gasteiger partial charge in [-0.15, -0.1) is 11.8 Å². The number of nitrogens with one attached hydrogen (secondary N) is 1. The van der Waals surface area contributed by atoms with Crippen LogP contribution in [-0.2, 0) is 4.79 Å². The lowest BCUT2D eigenvalue weighted by Gasteiger charge is -2.28. The van der Waals surface area contributed by atoms with Crippen LogP contribution < -0.4 is 5.32 Å². The Morgan fingerprint density at radius 3 is 2.76 bits per heavy atom. The molecule has 1 aliphatic rings. The maximum Gasteiger partial charge on any atom is 0.323 e. The molecule has 2 atom stereocenters. The van der Waals surface area contributed by atoms with Crippen molar-refractivity contribution in [3.8, 4) is 0 Å². The molecule has 0 amide bonds. The third kappa shape index (κ3) is 3.74. The lowest BCUT2D eigenvalue weighted by Crippen LogP contribution is -2.53. The first-order valence-electron chi connectivity index (χ1n) is 6.95. The number of carbonyl (C=O) groups is 1. The summed E-state index contributed by atoms with van der Waals surface area (Å²) in [7, 11) is 0. The molecule has 0 aromatic heterocycles. The highest BCUT2D eigenvalue weighted by Gasteiger charge is 2.46. The highest BCUT2D eigenvalue weighted by atomic mass is 32.2. The minimum atomic E-state index is -0.942. The van der Waals surface area contributed by atoms with Gasteiger partial charge >= 0.3 is 5.97 Å². The highest BCUT2D eigenvalue weighted by molar-refractivity contribution is 8.00. The molecule has 2 rings (SSSR count). The maximum atomic E-state index is 13.7. The van der Waals surface area contributed by atoms with Crippen LogP contribution in [0.1, 0.15) is 33.1 Å². The Morgan fingerprint density at radius 2 is 2.19 bits per heavy atom. The van der Waals surface area contributed by atoms with Crippen molar-refractivity contribution in [2.75, 3.05) is 0 Å². The smallest absolute Gasteiger partial charge is 0.323 e. The molecule has 1 fully saturated rings. The second kappa shape index (κ2) is 6.32. The predicted octanol–water partition coefficient (Wildman–Crippen LogP) is 3.43. The van der Waals surface area contributed by atoms with Crippen molar-refractivity contribution in [3.05, 3.63) is 29.8 Å². The van der Waals surface area contributed by atoms with E-state index in [1.165, 1.54) is 23.9 Å². The molecule has 1 aromatic rings. The van der Waals surface area contributed by atoms with E-state index in [9.17, 15) is 18.7 Å². The van der Waals surface area contributed by atoms with Gasteiger partial charge in [-0.05, 0) is 45.2 Å². The zero-order chi connectivity index (χ0) is 15.6. The minimum Gasteiger partial charge on any atom is -0.480 e. The fourth-order valence-electron chi connectivity index (χ4n) is 2.79. The lowest BCUT2D eigenvalue weighted by atomic mass is 9.97. The standard InChI is InChI=1S/C15H19F2NO2S/c1-9(2)18-15(14(19)20)6-5-11(8-15)21-13-4-3-10(16)7-12(13)17/h3-4,7,9,11,18H,5-6,8H2,1-2H3,(H,19,20). The summed E-state index contributed by atoms with van der Waals surface area (Å²) in [5.74, 6) is -2.06. The fourth-order valence-corrected chi connectivity index (χ4v) is 4.07. The number of thioether (sulfide) groups is 1. The summed E-state index contributed by atoms with van der Waals surface area (Å²) in [6.45, 7) is 3.82. The Hall–Kier alpha value is -1.14. The highest BCUT2D eigenvalue weighted by Crippen LogP contribution is 2.41. The Labute approximate surface area is 127 Å². The molecule has 0 saturated heterocycles. The second-order valence-electron chi connectivity index (χ2n) is 5.74. The lowest BCUT2D eigenvalue weighted by molar-refractivity contribution is -0.145. The second-order valence-corrected chi connectivity index (χ2v) is 7.09. The first-order chi connectivity index (χ1) is 9.82. The van der Waals surface area contributed by atoms with E-state index in [4.69, 9.17) is 0 Å². The van der Waals surface area contributed by atoms with Gasteiger partial charge in [0.2, 0.25) is 0 Å². The number of hydrogen-bond donors (Lipinski definition) is 2. The van der Waals surface area contributed by atoms with Gasteiger partial charge in [0, 0.05) is 22.3 Å². The zero-order valence-corrected chi connectivity index (χ0v) is 12.8. The van der Waals surface area contributed by atoms with Crippen molar-refractivity contribution in [2.45, 2.75) is 54.8 Å². The molecule has 0 radical (unpaired) electrons. The van der Waals surface area contributed by atoms with Crippen LogP contribution in [0.2, 0.25) is 0 Å². The third-order valence-electron chi connectivity index (χ3n) is 3.63. The van der Waals surface area contributed by atoms with Crippen LogP contribution in [0.5, 0.6) is 0 Å². The van der Waals surface area contributed by atoms with Crippen LogP contribution in [0.3, 0.4) is 0 Å². The van der Waals surface area contributed by atoms with Gasteiger partial charge in [0.1, 0.15) is 17.2 Å². The van der Waals surface area contributed by atoms with Gasteiger partial charge in [-0.1, -0.05) is 0 Å². The molecule has 116 valence electrons. The minimum absolute atomic E-state index is 0.00677. The van der Waals surface area contributed by atoms with E-state index in [1.54, 1.807) is 0 Å². The number of carboxylic acids is 1. The monoisotopic (exact) mass is 315 g/mol. The van der Waals surface area contributed by atoms with Crippen LogP contribution in [0.15, 0.2) is 23.1 Å². The average molecular weight is 315 g/mol. The summed E-state index contributed by atoms with van der Waals surface area (Å²) in [5.41, 5.74) is -0.942. The normalized spacial score (nSPS) is 25.5. The topological polar surface area (TPSA) is 49.3 Å². The molecule has 2 unspecified atom stereocenters. The number of hydrogen-bond acceptors (Lipinski definition) is 3. The molecule has 0 aliphatic heterocycles. The fraction of sp³-hybridized carbons (Fsp3) is 0.533. The van der Waals surface area contributed by atoms with E-state index in [1.807, 2.05) is 13.8 Å². The number of rotatable bonds is 5. The molecule has 0 spiro atoms. The summed E-state index contributed by atoms with van der Waals surface area (Å²) < 4.78 is 26.6. The van der Waals surface area contributed by atoms with Crippen LogP contribution in [0.4, 0.5) is 8.78 Å². The van der Waals surface area contributed by atoms with Gasteiger partial charge in [-0.25, -0.2) is 8.78 Å². The van der Waals surface area contributed by atoms with Gasteiger partial charge in [-0.2, -0.15) is 0 Å². The van der Waals surface area contributed by atoms with E-state index in [-0.39, 0.29) is 11.3 Å². The molecule has 0 bridgehead atoms. The SMILES string of the molecule is CC(C)NC1(C(=O)O)CCC(Sc2ccc(F)cc2F)C1. The molecule has 1 aliphatic carbocycles. The summed E-state index contributed by atoms with van der Waals surface area (Å²) in [6, 6.07) is 3.55. The third-order valence-corrected chi connectivity index (χ3v) is 4.95. The summed E-state index contributed by atoms with van der Waals surface area (Å²) in [6.07, 6.45) is 1.64. The van der Waals surface area contributed by atoms with E-state index in [2.05, 4.69) is 5.32 Å². The predicted molar refractivity (Wildman–Crippen MR) is 78.5 cm³/mol. The van der Waals surface area contributed by atoms with Gasteiger partial charge in [-0.3, -0.25) is 10.1 Å². The van der Waals surface area contributed by atoms with Crippen molar-refractivity contribution in [1.82, 2.24) is 5.32 Å². The van der Waals surface area contributed by atoms with Gasteiger partial charge in [0.25, 0.3) is 0 Å². The van der Waals surface area contributed by atoms with Crippen molar-refractivity contribution in [2.24, 2.45) is 0 Å². The van der Waals surface area contributed by atoms with Crippen molar-refractivity contribution < 1.29 is 18.7 Å². The van der Waals surface area contributed by atoms with Gasteiger partial charge < -0.3 is 5.11 Å². The molecule has 3 nitrogen and oxygen atoms in total. The van der Waals surface area contributed by atoms with Crippen LogP contribution >= 0.6 is 11.8 Å². The molecule has 0 heterocycles. The first-order valence-corrected chi connectivity index (χ1v) is 7.83. The van der Waals surface area contributed by atoms with Crippen molar-refractivity contribution >= 4 is 17.7 Å².